The third-order valence-electron chi connectivity index (χ3n) is 1.53. The van der Waals surface area contributed by atoms with Crippen molar-refractivity contribution in [3.8, 4) is 0 Å². The van der Waals surface area contributed by atoms with Gasteiger partial charge in [-0.3, -0.25) is 9.48 Å². The van der Waals surface area contributed by atoms with Crippen LogP contribution in [0.25, 0.3) is 0 Å². The maximum absolute atomic E-state index is 11.1. The number of hydrogen-bond acceptors (Lipinski definition) is 4. The van der Waals surface area contributed by atoms with Gasteiger partial charge >= 0.3 is 5.97 Å². The molecule has 1 unspecified atom stereocenters. The number of hydrogen-bond donors (Lipinski definition) is 1. The summed E-state index contributed by atoms with van der Waals surface area (Å²) in [4.78, 5) is 11.1. The first-order valence-electron chi connectivity index (χ1n) is 4.13. The molecule has 1 rings (SSSR count). The minimum absolute atomic E-state index is 0.353. The molecule has 0 aromatic carbocycles. The first-order valence-corrected chi connectivity index (χ1v) is 4.13. The fourth-order valence-electron chi connectivity index (χ4n) is 0.934. The summed E-state index contributed by atoms with van der Waals surface area (Å²) >= 11 is 0. The van der Waals surface area contributed by atoms with E-state index in [2.05, 4.69) is 5.10 Å². The van der Waals surface area contributed by atoms with Crippen molar-refractivity contribution in [2.45, 2.75) is 19.5 Å². The molecule has 1 aromatic rings. The molecule has 0 radical (unpaired) electrons. The highest BCUT2D eigenvalue weighted by Crippen LogP contribution is 1.91. The minimum atomic E-state index is -0.639. The number of nitrogens with zero attached hydrogens (tertiary/aromatic N) is 2. The Morgan fingerprint density at radius 1 is 1.77 bits per heavy atom. The average Bonchev–Trinajstić information content (AvgIpc) is 2.57. The minimum Gasteiger partial charge on any atom is -0.465 e. The second kappa shape index (κ2) is 4.61. The van der Waals surface area contributed by atoms with Crippen molar-refractivity contribution in [3.63, 3.8) is 0 Å². The van der Waals surface area contributed by atoms with Gasteiger partial charge < -0.3 is 10.5 Å². The van der Waals surface area contributed by atoms with Crippen LogP contribution in [0.1, 0.15) is 6.92 Å². The normalized spacial score (nSPS) is 12.5. The van der Waals surface area contributed by atoms with E-state index < -0.39 is 12.0 Å². The van der Waals surface area contributed by atoms with Crippen LogP contribution in [0.4, 0.5) is 0 Å². The Bertz CT molecular complexity index is 258. The Balaban J connectivity index is 2.41. The highest BCUT2D eigenvalue weighted by atomic mass is 16.5. The van der Waals surface area contributed by atoms with E-state index >= 15 is 0 Å². The lowest BCUT2D eigenvalue weighted by atomic mass is 10.3. The lowest BCUT2D eigenvalue weighted by molar-refractivity contribution is -0.145. The number of esters is 1. The van der Waals surface area contributed by atoms with Gasteiger partial charge in [0.1, 0.15) is 6.04 Å². The van der Waals surface area contributed by atoms with Gasteiger partial charge in [-0.1, -0.05) is 0 Å². The Morgan fingerprint density at radius 3 is 3.08 bits per heavy atom. The van der Waals surface area contributed by atoms with Gasteiger partial charge in [-0.2, -0.15) is 5.10 Å². The molecule has 1 aromatic heterocycles. The predicted octanol–water partition coefficient (Wildman–Crippen LogP) is -0.227. The molecular weight excluding hydrogens is 170 g/mol. The van der Waals surface area contributed by atoms with Crippen molar-refractivity contribution in [1.82, 2.24) is 9.78 Å². The lowest BCUT2D eigenvalue weighted by Crippen LogP contribution is -2.36. The molecule has 2 N–H and O–H groups in total. The Labute approximate surface area is 76.5 Å². The van der Waals surface area contributed by atoms with Gasteiger partial charge in [0.15, 0.2) is 0 Å². The third kappa shape index (κ3) is 2.87. The van der Waals surface area contributed by atoms with Crippen LogP contribution in [0.3, 0.4) is 0 Å². The summed E-state index contributed by atoms with van der Waals surface area (Å²) in [7, 11) is 0. The van der Waals surface area contributed by atoms with Crippen LogP contribution in [0.15, 0.2) is 18.5 Å². The van der Waals surface area contributed by atoms with E-state index in [0.29, 0.717) is 13.2 Å². The second-order valence-electron chi connectivity index (χ2n) is 2.59. The van der Waals surface area contributed by atoms with Crippen molar-refractivity contribution < 1.29 is 9.53 Å². The van der Waals surface area contributed by atoms with Gasteiger partial charge in [0.05, 0.1) is 13.2 Å². The zero-order valence-electron chi connectivity index (χ0n) is 7.51. The summed E-state index contributed by atoms with van der Waals surface area (Å²) in [6.45, 7) is 2.45. The first-order chi connectivity index (χ1) is 6.24. The molecule has 0 amide bonds. The molecule has 0 fully saturated rings. The molecule has 1 heterocycles. The lowest BCUT2D eigenvalue weighted by Gasteiger charge is -2.09. The highest BCUT2D eigenvalue weighted by Gasteiger charge is 2.14. The maximum atomic E-state index is 11.1. The summed E-state index contributed by atoms with van der Waals surface area (Å²) < 4.78 is 6.35. The van der Waals surface area contributed by atoms with E-state index in [1.54, 1.807) is 30.1 Å². The van der Waals surface area contributed by atoms with E-state index in [0.717, 1.165) is 0 Å². The van der Waals surface area contributed by atoms with E-state index in [9.17, 15) is 4.79 Å². The van der Waals surface area contributed by atoms with E-state index in [-0.39, 0.29) is 0 Å². The van der Waals surface area contributed by atoms with E-state index in [4.69, 9.17) is 10.5 Å². The second-order valence-corrected chi connectivity index (χ2v) is 2.59. The van der Waals surface area contributed by atoms with Gasteiger partial charge in [-0.15, -0.1) is 0 Å². The van der Waals surface area contributed by atoms with Crippen molar-refractivity contribution in [2.75, 3.05) is 6.61 Å². The number of carbonyl (C=O) groups excluding carboxylic acids is 1. The third-order valence-corrected chi connectivity index (χ3v) is 1.53. The molecule has 72 valence electrons. The largest absolute Gasteiger partial charge is 0.465 e. The van der Waals surface area contributed by atoms with E-state index in [1.807, 2.05) is 0 Å². The number of carbonyl (C=O) groups is 1. The van der Waals surface area contributed by atoms with Crippen molar-refractivity contribution in [3.05, 3.63) is 18.5 Å². The molecule has 0 spiro atoms. The molecular formula is C8H13N3O2. The van der Waals surface area contributed by atoms with Gasteiger partial charge in [-0.25, -0.2) is 0 Å². The molecule has 0 bridgehead atoms. The summed E-state index contributed by atoms with van der Waals surface area (Å²) in [5, 5.41) is 3.93. The molecule has 0 aliphatic heterocycles. The van der Waals surface area contributed by atoms with Gasteiger partial charge in [0.2, 0.25) is 0 Å². The molecule has 0 aliphatic rings. The maximum Gasteiger partial charge on any atom is 0.324 e. The summed E-state index contributed by atoms with van der Waals surface area (Å²) in [5.74, 6) is -0.391. The van der Waals surface area contributed by atoms with Crippen LogP contribution in [0.5, 0.6) is 0 Å². The molecule has 5 nitrogen and oxygen atoms in total. The van der Waals surface area contributed by atoms with Crippen LogP contribution in [0.2, 0.25) is 0 Å². The van der Waals surface area contributed by atoms with Crippen LogP contribution >= 0.6 is 0 Å². The van der Waals surface area contributed by atoms with Crippen LogP contribution < -0.4 is 5.73 Å². The zero-order chi connectivity index (χ0) is 9.68. The SMILES string of the molecule is CCOC(=O)C(N)Cn1cccn1. The van der Waals surface area contributed by atoms with Gasteiger partial charge in [0.25, 0.3) is 0 Å². The standard InChI is InChI=1S/C8H13N3O2/c1-2-13-8(12)7(9)6-11-5-3-4-10-11/h3-5,7H,2,6,9H2,1H3. The molecule has 5 heteroatoms. The molecule has 1 atom stereocenters. The Morgan fingerprint density at radius 2 is 2.54 bits per heavy atom. The van der Waals surface area contributed by atoms with Crippen molar-refractivity contribution in [1.29, 1.82) is 0 Å². The first kappa shape index (κ1) is 9.73. The quantitative estimate of drug-likeness (QED) is 0.655. The summed E-state index contributed by atoms with van der Waals surface area (Å²) in [6, 6.07) is 1.14. The van der Waals surface area contributed by atoms with Crippen LogP contribution in [0, 0.1) is 0 Å². The summed E-state index contributed by atoms with van der Waals surface area (Å²) in [6.07, 6.45) is 3.39. The number of aromatic nitrogens is 2. The van der Waals surface area contributed by atoms with Gasteiger partial charge in [0, 0.05) is 12.4 Å². The smallest absolute Gasteiger partial charge is 0.324 e. The molecule has 0 saturated carbocycles. The highest BCUT2D eigenvalue weighted by molar-refractivity contribution is 5.75. The average molecular weight is 183 g/mol. The fraction of sp³-hybridized carbons (Fsp3) is 0.500. The van der Waals surface area contributed by atoms with Crippen LogP contribution in [-0.4, -0.2) is 28.4 Å². The monoisotopic (exact) mass is 183 g/mol. The number of nitrogens with two attached hydrogens (primary N) is 1. The molecule has 13 heavy (non-hydrogen) atoms. The van der Waals surface area contributed by atoms with Gasteiger partial charge in [-0.05, 0) is 13.0 Å². The predicted molar refractivity (Wildman–Crippen MR) is 46.8 cm³/mol. The van der Waals surface area contributed by atoms with E-state index in [1.165, 1.54) is 0 Å². The van der Waals surface area contributed by atoms with Crippen LogP contribution in [-0.2, 0) is 16.1 Å². The topological polar surface area (TPSA) is 70.1 Å². The zero-order valence-corrected chi connectivity index (χ0v) is 7.51. The van der Waals surface area contributed by atoms with Crippen molar-refractivity contribution >= 4 is 5.97 Å². The van der Waals surface area contributed by atoms with Crippen molar-refractivity contribution in [2.24, 2.45) is 5.73 Å². The Kier molecular flexibility index (Phi) is 3.45. The number of rotatable bonds is 4. The molecule has 0 saturated heterocycles. The molecule has 0 aliphatic carbocycles. The Hall–Kier alpha value is -1.36. The fourth-order valence-corrected chi connectivity index (χ4v) is 0.934. The summed E-state index contributed by atoms with van der Waals surface area (Å²) in [5.41, 5.74) is 5.56. The number of ether oxygens (including phenoxy) is 1.